The summed E-state index contributed by atoms with van der Waals surface area (Å²) in [7, 11) is 0. The van der Waals surface area contributed by atoms with Gasteiger partial charge in [-0.2, -0.15) is 0 Å². The van der Waals surface area contributed by atoms with Gasteiger partial charge in [-0.05, 0) is 24.8 Å². The van der Waals surface area contributed by atoms with Crippen molar-refractivity contribution in [2.75, 3.05) is 26.3 Å². The Labute approximate surface area is 83.1 Å². The highest BCUT2D eigenvalue weighted by Crippen LogP contribution is 2.17. The molecular formula is C11H25NO. The third-order valence-corrected chi connectivity index (χ3v) is 1.85. The summed E-state index contributed by atoms with van der Waals surface area (Å²) in [6.07, 6.45) is 2.34. The van der Waals surface area contributed by atoms with Gasteiger partial charge in [-0.1, -0.05) is 27.7 Å². The molecule has 0 aromatic carbocycles. The first kappa shape index (κ1) is 12.9. The van der Waals surface area contributed by atoms with Gasteiger partial charge in [0.25, 0.3) is 0 Å². The lowest BCUT2D eigenvalue weighted by molar-refractivity contribution is 0.110. The van der Waals surface area contributed by atoms with E-state index in [1.807, 2.05) is 0 Å². The summed E-state index contributed by atoms with van der Waals surface area (Å²) in [5.74, 6) is 0. The van der Waals surface area contributed by atoms with Crippen molar-refractivity contribution < 1.29 is 4.74 Å². The number of nitrogens with one attached hydrogen (secondary N) is 1. The summed E-state index contributed by atoms with van der Waals surface area (Å²) in [6, 6.07) is 0. The zero-order chi connectivity index (χ0) is 10.2. The van der Waals surface area contributed by atoms with Crippen LogP contribution in [0.1, 0.15) is 40.5 Å². The molecule has 0 rings (SSSR count). The maximum atomic E-state index is 5.49. The SMILES string of the molecule is CCCNCCOCCC(C)(C)C. The Balaban J connectivity index is 3.00. The normalized spacial score (nSPS) is 12.0. The van der Waals surface area contributed by atoms with Crippen LogP contribution in [-0.4, -0.2) is 26.3 Å². The fourth-order valence-electron chi connectivity index (χ4n) is 0.927. The smallest absolute Gasteiger partial charge is 0.0590 e. The fourth-order valence-corrected chi connectivity index (χ4v) is 0.927. The second-order valence-electron chi connectivity index (χ2n) is 4.67. The lowest BCUT2D eigenvalue weighted by Crippen LogP contribution is -2.21. The minimum absolute atomic E-state index is 0.400. The zero-order valence-electron chi connectivity index (χ0n) is 9.65. The van der Waals surface area contributed by atoms with E-state index in [0.29, 0.717) is 5.41 Å². The lowest BCUT2D eigenvalue weighted by atomic mass is 9.93. The molecule has 0 amide bonds. The maximum Gasteiger partial charge on any atom is 0.0590 e. The monoisotopic (exact) mass is 187 g/mol. The Hall–Kier alpha value is -0.0800. The van der Waals surface area contributed by atoms with E-state index in [-0.39, 0.29) is 0 Å². The molecule has 0 saturated carbocycles. The second kappa shape index (κ2) is 7.34. The van der Waals surface area contributed by atoms with Crippen LogP contribution in [0.2, 0.25) is 0 Å². The van der Waals surface area contributed by atoms with Crippen LogP contribution in [0.3, 0.4) is 0 Å². The van der Waals surface area contributed by atoms with Crippen molar-refractivity contribution in [2.45, 2.75) is 40.5 Å². The first-order valence-electron chi connectivity index (χ1n) is 5.35. The fraction of sp³-hybridized carbons (Fsp3) is 1.00. The lowest BCUT2D eigenvalue weighted by Gasteiger charge is -2.17. The van der Waals surface area contributed by atoms with E-state index in [2.05, 4.69) is 33.0 Å². The second-order valence-corrected chi connectivity index (χ2v) is 4.67. The molecule has 2 heteroatoms. The molecule has 80 valence electrons. The summed E-state index contributed by atoms with van der Waals surface area (Å²) in [5, 5.41) is 3.31. The zero-order valence-corrected chi connectivity index (χ0v) is 9.65. The van der Waals surface area contributed by atoms with Crippen molar-refractivity contribution in [3.05, 3.63) is 0 Å². The van der Waals surface area contributed by atoms with Gasteiger partial charge >= 0.3 is 0 Å². The standard InChI is InChI=1S/C11H25NO/c1-5-7-12-8-10-13-9-6-11(2,3)4/h12H,5-10H2,1-4H3. The van der Waals surface area contributed by atoms with Gasteiger partial charge in [0, 0.05) is 13.2 Å². The van der Waals surface area contributed by atoms with Gasteiger partial charge in [0.1, 0.15) is 0 Å². The van der Waals surface area contributed by atoms with Crippen molar-refractivity contribution in [3.8, 4) is 0 Å². The van der Waals surface area contributed by atoms with Gasteiger partial charge < -0.3 is 10.1 Å². The van der Waals surface area contributed by atoms with Crippen LogP contribution in [0.15, 0.2) is 0 Å². The molecule has 2 nitrogen and oxygen atoms in total. The van der Waals surface area contributed by atoms with Crippen molar-refractivity contribution in [1.82, 2.24) is 5.32 Å². The van der Waals surface area contributed by atoms with Crippen LogP contribution >= 0.6 is 0 Å². The van der Waals surface area contributed by atoms with E-state index in [0.717, 1.165) is 32.7 Å². The van der Waals surface area contributed by atoms with Crippen molar-refractivity contribution >= 4 is 0 Å². The molecule has 0 radical (unpaired) electrons. The molecule has 13 heavy (non-hydrogen) atoms. The molecule has 0 spiro atoms. The van der Waals surface area contributed by atoms with Gasteiger partial charge in [-0.3, -0.25) is 0 Å². The van der Waals surface area contributed by atoms with Crippen LogP contribution in [0.25, 0.3) is 0 Å². The van der Waals surface area contributed by atoms with E-state index in [1.165, 1.54) is 6.42 Å². The third-order valence-electron chi connectivity index (χ3n) is 1.85. The molecule has 0 aliphatic rings. The number of rotatable bonds is 7. The first-order chi connectivity index (χ1) is 6.06. The largest absolute Gasteiger partial charge is 0.380 e. The van der Waals surface area contributed by atoms with Gasteiger partial charge in [0.05, 0.1) is 6.61 Å². The van der Waals surface area contributed by atoms with Gasteiger partial charge in [0.15, 0.2) is 0 Å². The predicted molar refractivity (Wildman–Crippen MR) is 58.1 cm³/mol. The summed E-state index contributed by atoms with van der Waals surface area (Å²) < 4.78 is 5.49. The van der Waals surface area contributed by atoms with Crippen LogP contribution in [0.4, 0.5) is 0 Å². The van der Waals surface area contributed by atoms with Crippen molar-refractivity contribution in [3.63, 3.8) is 0 Å². The van der Waals surface area contributed by atoms with E-state index in [9.17, 15) is 0 Å². The van der Waals surface area contributed by atoms with Crippen LogP contribution in [0, 0.1) is 5.41 Å². The van der Waals surface area contributed by atoms with Gasteiger partial charge in [-0.15, -0.1) is 0 Å². The Morgan fingerprint density at radius 3 is 2.31 bits per heavy atom. The highest BCUT2D eigenvalue weighted by Gasteiger charge is 2.08. The molecule has 0 aromatic heterocycles. The number of hydrogen-bond donors (Lipinski definition) is 1. The molecule has 0 fully saturated rings. The van der Waals surface area contributed by atoms with Gasteiger partial charge in [-0.25, -0.2) is 0 Å². The maximum absolute atomic E-state index is 5.49. The Morgan fingerprint density at radius 1 is 1.08 bits per heavy atom. The molecule has 0 heterocycles. The summed E-state index contributed by atoms with van der Waals surface area (Å²) in [5.41, 5.74) is 0.400. The average Bonchev–Trinajstić information content (AvgIpc) is 2.01. The molecule has 1 N–H and O–H groups in total. The first-order valence-corrected chi connectivity index (χ1v) is 5.35. The highest BCUT2D eigenvalue weighted by molar-refractivity contribution is 4.59. The van der Waals surface area contributed by atoms with E-state index in [4.69, 9.17) is 4.74 Å². The van der Waals surface area contributed by atoms with Crippen molar-refractivity contribution in [1.29, 1.82) is 0 Å². The quantitative estimate of drug-likeness (QED) is 0.618. The summed E-state index contributed by atoms with van der Waals surface area (Å²) in [4.78, 5) is 0. The number of ether oxygens (including phenoxy) is 1. The molecule has 0 aliphatic carbocycles. The Kier molecular flexibility index (Phi) is 7.29. The predicted octanol–water partition coefficient (Wildman–Crippen LogP) is 2.44. The highest BCUT2D eigenvalue weighted by atomic mass is 16.5. The topological polar surface area (TPSA) is 21.3 Å². The van der Waals surface area contributed by atoms with Gasteiger partial charge in [0.2, 0.25) is 0 Å². The van der Waals surface area contributed by atoms with Crippen molar-refractivity contribution in [2.24, 2.45) is 5.41 Å². The summed E-state index contributed by atoms with van der Waals surface area (Å²) in [6.45, 7) is 12.7. The Morgan fingerprint density at radius 2 is 1.77 bits per heavy atom. The molecular weight excluding hydrogens is 162 g/mol. The Bertz CT molecular complexity index is 107. The van der Waals surface area contributed by atoms with E-state index >= 15 is 0 Å². The third kappa shape index (κ3) is 11.9. The van der Waals surface area contributed by atoms with E-state index < -0.39 is 0 Å². The molecule has 0 unspecified atom stereocenters. The molecule has 0 bridgehead atoms. The molecule has 0 aromatic rings. The van der Waals surface area contributed by atoms with Crippen LogP contribution in [0.5, 0.6) is 0 Å². The van der Waals surface area contributed by atoms with Crippen LogP contribution in [-0.2, 0) is 4.74 Å². The summed E-state index contributed by atoms with van der Waals surface area (Å²) >= 11 is 0. The minimum Gasteiger partial charge on any atom is -0.380 e. The van der Waals surface area contributed by atoms with Crippen LogP contribution < -0.4 is 5.32 Å². The van der Waals surface area contributed by atoms with E-state index in [1.54, 1.807) is 0 Å². The molecule has 0 aliphatic heterocycles. The minimum atomic E-state index is 0.400. The number of hydrogen-bond acceptors (Lipinski definition) is 2. The average molecular weight is 187 g/mol. The molecule has 0 atom stereocenters. The molecule has 0 saturated heterocycles.